The van der Waals surface area contributed by atoms with Gasteiger partial charge in [-0.2, -0.15) is 0 Å². The minimum atomic E-state index is 0.384. The van der Waals surface area contributed by atoms with Crippen LogP contribution in [0.15, 0.2) is 53.8 Å². The van der Waals surface area contributed by atoms with E-state index < -0.39 is 0 Å². The summed E-state index contributed by atoms with van der Waals surface area (Å²) in [6.45, 7) is 5.97. The van der Waals surface area contributed by atoms with E-state index in [9.17, 15) is 0 Å². The van der Waals surface area contributed by atoms with Gasteiger partial charge in [0.25, 0.3) is 0 Å². The minimum absolute atomic E-state index is 0.384. The number of para-hydroxylation sites is 1. The van der Waals surface area contributed by atoms with E-state index in [0.717, 1.165) is 49.0 Å². The zero-order chi connectivity index (χ0) is 20.5. The lowest BCUT2D eigenvalue weighted by atomic mass is 9.95. The van der Waals surface area contributed by atoms with Crippen LogP contribution in [0.1, 0.15) is 31.4 Å². The lowest BCUT2D eigenvalue weighted by Crippen LogP contribution is -2.46. The lowest BCUT2D eigenvalue weighted by Gasteiger charge is -2.40. The Morgan fingerprint density at radius 1 is 1.00 bits per heavy atom. The molecule has 0 amide bonds. The summed E-state index contributed by atoms with van der Waals surface area (Å²) in [5, 5.41) is 1.18. The molecule has 0 aliphatic carbocycles. The second-order valence-electron chi connectivity index (χ2n) is 8.31. The fraction of sp³-hybridized carbons (Fsp3) is 0.417. The Balaban J connectivity index is 1.33. The summed E-state index contributed by atoms with van der Waals surface area (Å²) in [7, 11) is 1.92. The topological polar surface area (TPSA) is 57.5 Å². The molecule has 0 N–H and O–H groups in total. The molecule has 154 valence electrons. The molecule has 0 saturated carbocycles. The summed E-state index contributed by atoms with van der Waals surface area (Å²) < 4.78 is 0. The van der Waals surface area contributed by atoms with Crippen molar-refractivity contribution in [3.8, 4) is 0 Å². The van der Waals surface area contributed by atoms with Gasteiger partial charge in [-0.15, -0.1) is 0 Å². The number of aromatic nitrogens is 3. The van der Waals surface area contributed by atoms with Crippen molar-refractivity contribution < 1.29 is 0 Å². The monoisotopic (exact) mass is 400 g/mol. The van der Waals surface area contributed by atoms with E-state index >= 15 is 0 Å². The van der Waals surface area contributed by atoms with Crippen LogP contribution in [0.4, 0.5) is 11.6 Å². The Kier molecular flexibility index (Phi) is 5.07. The third-order valence-electron chi connectivity index (χ3n) is 6.37. The van der Waals surface area contributed by atoms with Gasteiger partial charge in [0.15, 0.2) is 5.82 Å². The number of aliphatic imine (C=N–C) groups is 1. The summed E-state index contributed by atoms with van der Waals surface area (Å²) in [5.41, 5.74) is 3.45. The molecular formula is C24H28N6. The number of benzene rings is 1. The molecule has 6 heteroatoms. The second-order valence-corrected chi connectivity index (χ2v) is 8.31. The first-order valence-electron chi connectivity index (χ1n) is 10.9. The van der Waals surface area contributed by atoms with E-state index in [-0.39, 0.29) is 0 Å². The highest BCUT2D eigenvalue weighted by atomic mass is 15.3. The van der Waals surface area contributed by atoms with Crippen molar-refractivity contribution >= 4 is 28.3 Å². The number of rotatable bonds is 5. The van der Waals surface area contributed by atoms with Gasteiger partial charge in [0.05, 0.1) is 17.8 Å². The standard InChI is InChI=1S/C24H28N6/c1-3-6-18-13-30(16-21(18)25-2)24-23(26-11-12-27-24)19-14-29(15-19)22-10-9-17-7-4-5-8-20(17)28-22/h4-5,7-12,18-19H,3,6,13-16H2,1-2H3/t18-/m1/s1. The van der Waals surface area contributed by atoms with Crippen molar-refractivity contribution in [2.75, 3.05) is 43.0 Å². The van der Waals surface area contributed by atoms with Crippen molar-refractivity contribution in [2.45, 2.75) is 25.7 Å². The van der Waals surface area contributed by atoms with Crippen LogP contribution in [0, 0.1) is 5.92 Å². The molecule has 0 spiro atoms. The first-order chi connectivity index (χ1) is 14.8. The maximum atomic E-state index is 4.84. The fourth-order valence-corrected chi connectivity index (χ4v) is 4.72. The average molecular weight is 401 g/mol. The smallest absolute Gasteiger partial charge is 0.151 e. The zero-order valence-electron chi connectivity index (χ0n) is 17.7. The summed E-state index contributed by atoms with van der Waals surface area (Å²) in [6, 6.07) is 12.5. The molecule has 30 heavy (non-hydrogen) atoms. The average Bonchev–Trinajstić information content (AvgIpc) is 3.16. The second kappa shape index (κ2) is 8.01. The van der Waals surface area contributed by atoms with Crippen LogP contribution in [-0.4, -0.2) is 53.9 Å². The predicted molar refractivity (Wildman–Crippen MR) is 123 cm³/mol. The molecule has 2 aromatic heterocycles. The van der Waals surface area contributed by atoms with Crippen LogP contribution in [0.25, 0.3) is 10.9 Å². The third kappa shape index (κ3) is 3.40. The van der Waals surface area contributed by atoms with Crippen LogP contribution in [0.2, 0.25) is 0 Å². The van der Waals surface area contributed by atoms with Crippen molar-refractivity contribution in [1.29, 1.82) is 0 Å². The van der Waals surface area contributed by atoms with Gasteiger partial charge in [-0.3, -0.25) is 9.98 Å². The quantitative estimate of drug-likeness (QED) is 0.649. The maximum absolute atomic E-state index is 4.84. The number of hydrogen-bond acceptors (Lipinski definition) is 6. The zero-order valence-corrected chi connectivity index (χ0v) is 17.7. The Morgan fingerprint density at radius 3 is 2.67 bits per heavy atom. The first-order valence-corrected chi connectivity index (χ1v) is 10.9. The van der Waals surface area contributed by atoms with Crippen molar-refractivity contribution in [2.24, 2.45) is 10.9 Å². The van der Waals surface area contributed by atoms with Gasteiger partial charge < -0.3 is 9.80 Å². The molecule has 4 heterocycles. The van der Waals surface area contributed by atoms with E-state index in [2.05, 4.69) is 52.0 Å². The van der Waals surface area contributed by atoms with Crippen LogP contribution < -0.4 is 9.80 Å². The molecule has 0 radical (unpaired) electrons. The molecule has 0 unspecified atom stereocenters. The summed E-state index contributed by atoms with van der Waals surface area (Å²) in [6.07, 6.45) is 6.01. The number of anilines is 2. The van der Waals surface area contributed by atoms with Crippen LogP contribution in [-0.2, 0) is 0 Å². The largest absolute Gasteiger partial charge is 0.355 e. The maximum Gasteiger partial charge on any atom is 0.151 e. The highest BCUT2D eigenvalue weighted by Crippen LogP contribution is 2.35. The van der Waals surface area contributed by atoms with Crippen LogP contribution in [0.5, 0.6) is 0 Å². The normalized spacial score (nSPS) is 20.9. The van der Waals surface area contributed by atoms with E-state index in [1.807, 2.05) is 25.5 Å². The van der Waals surface area contributed by atoms with E-state index in [4.69, 9.17) is 15.0 Å². The van der Waals surface area contributed by atoms with Gasteiger partial charge >= 0.3 is 0 Å². The molecule has 0 bridgehead atoms. The molecular weight excluding hydrogens is 372 g/mol. The Hall–Kier alpha value is -3.02. The molecule has 3 aromatic rings. The van der Waals surface area contributed by atoms with Crippen molar-refractivity contribution in [3.05, 3.63) is 54.5 Å². The molecule has 2 fully saturated rings. The fourth-order valence-electron chi connectivity index (χ4n) is 4.72. The SMILES string of the molecule is CCC[C@@H]1CN(c2nccnc2C2CN(c3ccc4ccccc4n3)C2)CC1=NC. The lowest BCUT2D eigenvalue weighted by molar-refractivity contribution is 0.506. The first kappa shape index (κ1) is 19.0. The summed E-state index contributed by atoms with van der Waals surface area (Å²) in [4.78, 5) is 23.6. The number of hydrogen-bond donors (Lipinski definition) is 0. The van der Waals surface area contributed by atoms with Gasteiger partial charge in [-0.05, 0) is 24.6 Å². The number of nitrogens with zero attached hydrogens (tertiary/aromatic N) is 6. The molecule has 6 nitrogen and oxygen atoms in total. The Morgan fingerprint density at radius 2 is 1.83 bits per heavy atom. The van der Waals surface area contributed by atoms with Crippen molar-refractivity contribution in [1.82, 2.24) is 15.0 Å². The minimum Gasteiger partial charge on any atom is -0.355 e. The predicted octanol–water partition coefficient (Wildman–Crippen LogP) is 3.94. The van der Waals surface area contributed by atoms with Gasteiger partial charge in [0.1, 0.15) is 5.82 Å². The third-order valence-corrected chi connectivity index (χ3v) is 6.37. The highest BCUT2D eigenvalue weighted by molar-refractivity contribution is 5.94. The van der Waals surface area contributed by atoms with Gasteiger partial charge in [0, 0.05) is 62.0 Å². The number of pyridine rings is 1. The molecule has 2 saturated heterocycles. The Bertz CT molecular complexity index is 1070. The molecule has 1 aromatic carbocycles. The van der Waals surface area contributed by atoms with Gasteiger partial charge in [0.2, 0.25) is 0 Å². The van der Waals surface area contributed by atoms with Crippen molar-refractivity contribution in [3.63, 3.8) is 0 Å². The molecule has 5 rings (SSSR count). The van der Waals surface area contributed by atoms with E-state index in [0.29, 0.717) is 11.8 Å². The van der Waals surface area contributed by atoms with Gasteiger partial charge in [-0.1, -0.05) is 31.5 Å². The molecule has 2 aliphatic rings. The van der Waals surface area contributed by atoms with Crippen LogP contribution >= 0.6 is 0 Å². The van der Waals surface area contributed by atoms with E-state index in [1.165, 1.54) is 23.9 Å². The molecule has 2 aliphatic heterocycles. The van der Waals surface area contributed by atoms with E-state index in [1.54, 1.807) is 0 Å². The number of fused-ring (bicyclic) bond motifs is 1. The summed E-state index contributed by atoms with van der Waals surface area (Å²) >= 11 is 0. The van der Waals surface area contributed by atoms with Gasteiger partial charge in [-0.25, -0.2) is 9.97 Å². The highest BCUT2D eigenvalue weighted by Gasteiger charge is 2.36. The van der Waals surface area contributed by atoms with Crippen LogP contribution in [0.3, 0.4) is 0 Å². The molecule has 1 atom stereocenters. The summed E-state index contributed by atoms with van der Waals surface area (Å²) in [5.74, 6) is 3.00. The Labute approximate surface area is 177 Å².